The molecule has 2 N–H and O–H groups in total. The molecule has 1 atom stereocenters. The van der Waals surface area contributed by atoms with Gasteiger partial charge in [-0.25, -0.2) is 8.42 Å². The van der Waals surface area contributed by atoms with Crippen molar-refractivity contribution in [3.05, 3.63) is 28.3 Å². The van der Waals surface area contributed by atoms with Gasteiger partial charge in [-0.1, -0.05) is 13.8 Å². The smallest absolute Gasteiger partial charge is 0.341 e. The summed E-state index contributed by atoms with van der Waals surface area (Å²) in [5.74, 6) is -4.36. The molecule has 0 spiro atoms. The fraction of sp³-hybridized carbons (Fsp3) is 0.462. The van der Waals surface area contributed by atoms with E-state index in [2.05, 4.69) is 10.6 Å². The predicted octanol–water partition coefficient (Wildman–Crippen LogP) is 1.77. The average Bonchev–Trinajstić information content (AvgIpc) is 2.50. The molecule has 24 heavy (non-hydrogen) atoms. The summed E-state index contributed by atoms with van der Waals surface area (Å²) in [7, 11) is -3.57. The summed E-state index contributed by atoms with van der Waals surface area (Å²) in [4.78, 5) is 21.2. The van der Waals surface area contributed by atoms with Gasteiger partial charge in [0.25, 0.3) is 5.69 Å². The van der Waals surface area contributed by atoms with Crippen LogP contribution in [-0.2, 0) is 14.6 Å². The second-order valence-corrected chi connectivity index (χ2v) is 7.14. The van der Waals surface area contributed by atoms with Crippen LogP contribution in [0.4, 0.5) is 20.2 Å². The maximum absolute atomic E-state index is 12.6. The monoisotopic (exact) mass is 365 g/mol. The highest BCUT2D eigenvalue weighted by Crippen LogP contribution is 2.30. The van der Waals surface area contributed by atoms with Crippen LogP contribution in [0.15, 0.2) is 23.1 Å². The highest BCUT2D eigenvalue weighted by Gasteiger charge is 2.30. The van der Waals surface area contributed by atoms with Gasteiger partial charge in [0, 0.05) is 13.1 Å². The zero-order valence-electron chi connectivity index (χ0n) is 13.1. The molecule has 0 aliphatic carbocycles. The summed E-state index contributed by atoms with van der Waals surface area (Å²) >= 11 is 0. The second kappa shape index (κ2) is 7.51. The molecule has 0 saturated carbocycles. The molecular formula is C13H17F2N3O5S. The summed E-state index contributed by atoms with van der Waals surface area (Å²) in [5.41, 5.74) is -0.859. The molecule has 1 rings (SSSR count). The van der Waals surface area contributed by atoms with E-state index >= 15 is 0 Å². The van der Waals surface area contributed by atoms with Crippen molar-refractivity contribution in [3.63, 3.8) is 0 Å². The van der Waals surface area contributed by atoms with E-state index < -0.39 is 43.0 Å². The minimum absolute atomic E-state index is 0.143. The lowest BCUT2D eigenvalue weighted by molar-refractivity contribution is -0.384. The highest BCUT2D eigenvalue weighted by atomic mass is 32.2. The van der Waals surface area contributed by atoms with Crippen LogP contribution < -0.4 is 10.6 Å². The lowest BCUT2D eigenvalue weighted by Crippen LogP contribution is -2.41. The highest BCUT2D eigenvalue weighted by molar-refractivity contribution is 7.91. The van der Waals surface area contributed by atoms with Crippen molar-refractivity contribution in [1.82, 2.24) is 5.32 Å². The minimum Gasteiger partial charge on any atom is -0.368 e. The van der Waals surface area contributed by atoms with E-state index in [0.29, 0.717) is 6.07 Å². The van der Waals surface area contributed by atoms with Crippen molar-refractivity contribution in [1.29, 1.82) is 0 Å². The Morgan fingerprint density at radius 3 is 2.29 bits per heavy atom. The average molecular weight is 365 g/mol. The van der Waals surface area contributed by atoms with Crippen LogP contribution in [0.25, 0.3) is 0 Å². The topological polar surface area (TPSA) is 118 Å². The second-order valence-electron chi connectivity index (χ2n) is 5.22. The van der Waals surface area contributed by atoms with Gasteiger partial charge in [-0.2, -0.15) is 8.78 Å². The standard InChI is InChI=1S/C13H17F2N3O5S/c1-7(2)11(12(19)16-3)17-9-5-4-8(6-10(9)18(20)21)24(22,23)13(14)15/h4-7,11,13,17H,1-3H3,(H,16,19). The van der Waals surface area contributed by atoms with Gasteiger partial charge in [0.05, 0.1) is 9.82 Å². The number of carbonyl (C=O) groups is 1. The molecule has 0 aromatic heterocycles. The van der Waals surface area contributed by atoms with Gasteiger partial charge in [-0.05, 0) is 18.1 Å². The number of nitro benzene ring substituents is 1. The molecule has 0 saturated heterocycles. The number of anilines is 1. The molecule has 0 heterocycles. The largest absolute Gasteiger partial charge is 0.368 e. The van der Waals surface area contributed by atoms with E-state index in [1.54, 1.807) is 13.8 Å². The summed E-state index contributed by atoms with van der Waals surface area (Å²) < 4.78 is 48.0. The van der Waals surface area contributed by atoms with Crippen LogP contribution in [0.3, 0.4) is 0 Å². The first-order valence-electron chi connectivity index (χ1n) is 6.81. The van der Waals surface area contributed by atoms with Gasteiger partial charge >= 0.3 is 5.76 Å². The molecule has 8 nitrogen and oxygen atoms in total. The summed E-state index contributed by atoms with van der Waals surface area (Å²) in [5, 5.41) is 16.2. The number of amides is 1. The quantitative estimate of drug-likeness (QED) is 0.562. The van der Waals surface area contributed by atoms with Crippen molar-refractivity contribution in [3.8, 4) is 0 Å². The van der Waals surface area contributed by atoms with Crippen LogP contribution in [0.5, 0.6) is 0 Å². The van der Waals surface area contributed by atoms with Crippen molar-refractivity contribution < 1.29 is 26.9 Å². The molecule has 1 unspecified atom stereocenters. The first kappa shape index (κ1) is 19.7. The Bertz CT molecular complexity index is 737. The Balaban J connectivity index is 3.36. The van der Waals surface area contributed by atoms with E-state index in [-0.39, 0.29) is 11.6 Å². The SMILES string of the molecule is CNC(=O)C(Nc1ccc(S(=O)(=O)C(F)F)cc1[N+](=O)[O-])C(C)C. The van der Waals surface area contributed by atoms with E-state index in [4.69, 9.17) is 0 Å². The fourth-order valence-electron chi connectivity index (χ4n) is 1.92. The lowest BCUT2D eigenvalue weighted by Gasteiger charge is -2.21. The summed E-state index contributed by atoms with van der Waals surface area (Å²) in [6, 6.07) is 1.54. The van der Waals surface area contributed by atoms with Gasteiger partial charge < -0.3 is 10.6 Å². The van der Waals surface area contributed by atoms with Crippen molar-refractivity contribution in [2.45, 2.75) is 30.5 Å². The predicted molar refractivity (Wildman–Crippen MR) is 82.6 cm³/mol. The van der Waals surface area contributed by atoms with Gasteiger partial charge in [-0.15, -0.1) is 0 Å². The Morgan fingerprint density at radius 2 is 1.88 bits per heavy atom. The number of alkyl halides is 2. The third kappa shape index (κ3) is 4.16. The molecule has 0 fully saturated rings. The number of halogens is 2. The number of hydrogen-bond acceptors (Lipinski definition) is 6. The Hall–Kier alpha value is -2.30. The number of hydrogen-bond donors (Lipinski definition) is 2. The molecule has 0 aliphatic heterocycles. The van der Waals surface area contributed by atoms with Crippen LogP contribution in [0.2, 0.25) is 0 Å². The van der Waals surface area contributed by atoms with Crippen LogP contribution in [-0.4, -0.2) is 38.1 Å². The van der Waals surface area contributed by atoms with Crippen LogP contribution in [0, 0.1) is 16.0 Å². The maximum atomic E-state index is 12.6. The lowest BCUT2D eigenvalue weighted by atomic mass is 10.0. The third-order valence-electron chi connectivity index (χ3n) is 3.24. The normalized spacial score (nSPS) is 13.0. The first-order valence-corrected chi connectivity index (χ1v) is 8.35. The molecule has 0 aliphatic rings. The van der Waals surface area contributed by atoms with Crippen molar-refractivity contribution in [2.75, 3.05) is 12.4 Å². The van der Waals surface area contributed by atoms with E-state index in [0.717, 1.165) is 12.1 Å². The van der Waals surface area contributed by atoms with Gasteiger partial charge in [-0.3, -0.25) is 14.9 Å². The van der Waals surface area contributed by atoms with Crippen LogP contribution >= 0.6 is 0 Å². The van der Waals surface area contributed by atoms with Gasteiger partial charge in [0.15, 0.2) is 0 Å². The number of carbonyl (C=O) groups excluding carboxylic acids is 1. The zero-order chi connectivity index (χ0) is 18.7. The van der Waals surface area contributed by atoms with Crippen molar-refractivity contribution in [2.24, 2.45) is 5.92 Å². The minimum atomic E-state index is -4.96. The van der Waals surface area contributed by atoms with Gasteiger partial charge in [0.2, 0.25) is 15.7 Å². The summed E-state index contributed by atoms with van der Waals surface area (Å²) in [6.07, 6.45) is 0. The number of benzene rings is 1. The molecular weight excluding hydrogens is 348 g/mol. The Morgan fingerprint density at radius 1 is 1.29 bits per heavy atom. The fourth-order valence-corrected chi connectivity index (χ4v) is 2.66. The maximum Gasteiger partial charge on any atom is 0.341 e. The van der Waals surface area contributed by atoms with E-state index in [1.807, 2.05) is 0 Å². The molecule has 0 radical (unpaired) electrons. The molecule has 0 bridgehead atoms. The summed E-state index contributed by atoms with van der Waals surface area (Å²) in [6.45, 7) is 3.41. The number of sulfone groups is 1. The number of rotatable bonds is 7. The Labute approximate surface area is 137 Å². The first-order chi connectivity index (χ1) is 11.0. The molecule has 1 aromatic carbocycles. The Kier molecular flexibility index (Phi) is 6.18. The van der Waals surface area contributed by atoms with Gasteiger partial charge in [0.1, 0.15) is 11.7 Å². The third-order valence-corrected chi connectivity index (χ3v) is 4.62. The van der Waals surface area contributed by atoms with Crippen molar-refractivity contribution >= 4 is 27.1 Å². The van der Waals surface area contributed by atoms with Crippen LogP contribution in [0.1, 0.15) is 13.8 Å². The number of likely N-dealkylation sites (N-methyl/N-ethyl adjacent to an activating group) is 1. The zero-order valence-corrected chi connectivity index (χ0v) is 13.9. The van der Waals surface area contributed by atoms with E-state index in [1.165, 1.54) is 7.05 Å². The molecule has 11 heteroatoms. The molecule has 1 aromatic rings. The molecule has 134 valence electrons. The van der Waals surface area contributed by atoms with E-state index in [9.17, 15) is 32.1 Å². The number of nitrogens with one attached hydrogen (secondary N) is 2. The number of nitrogens with zero attached hydrogens (tertiary/aromatic N) is 1. The molecule has 1 amide bonds. The number of nitro groups is 1.